The van der Waals surface area contributed by atoms with Gasteiger partial charge < -0.3 is 10.7 Å². The highest BCUT2D eigenvalue weighted by Crippen LogP contribution is 2.28. The number of aromatic nitrogens is 1. The summed E-state index contributed by atoms with van der Waals surface area (Å²) in [6, 6.07) is 8.26. The molecule has 0 bridgehead atoms. The van der Waals surface area contributed by atoms with E-state index in [1.165, 1.54) is 10.9 Å². The SMILES string of the molecule is CCC(C)(N)c1c[nH]c2ccccc12. The number of aromatic amines is 1. The molecule has 0 radical (unpaired) electrons. The van der Waals surface area contributed by atoms with E-state index in [1.807, 2.05) is 18.3 Å². The van der Waals surface area contributed by atoms with Crippen LogP contribution in [-0.4, -0.2) is 4.98 Å². The first kappa shape index (κ1) is 9.28. The van der Waals surface area contributed by atoms with Crippen LogP contribution in [0.2, 0.25) is 0 Å². The van der Waals surface area contributed by atoms with Crippen LogP contribution in [0.3, 0.4) is 0 Å². The molecular weight excluding hydrogens is 172 g/mol. The molecule has 1 aromatic carbocycles. The second-order valence-electron chi connectivity index (χ2n) is 4.02. The number of para-hydroxylation sites is 1. The molecule has 1 atom stereocenters. The molecule has 14 heavy (non-hydrogen) atoms. The summed E-state index contributed by atoms with van der Waals surface area (Å²) in [5, 5.41) is 1.24. The van der Waals surface area contributed by atoms with Gasteiger partial charge in [0.15, 0.2) is 0 Å². The van der Waals surface area contributed by atoms with Gasteiger partial charge in [0.1, 0.15) is 0 Å². The highest BCUT2D eigenvalue weighted by Gasteiger charge is 2.21. The number of H-pyrrole nitrogens is 1. The van der Waals surface area contributed by atoms with Gasteiger partial charge in [0.2, 0.25) is 0 Å². The molecule has 2 heteroatoms. The Morgan fingerprint density at radius 3 is 2.79 bits per heavy atom. The summed E-state index contributed by atoms with van der Waals surface area (Å²) < 4.78 is 0. The predicted octanol–water partition coefficient (Wildman–Crippen LogP) is 2.75. The third-order valence-corrected chi connectivity index (χ3v) is 2.94. The normalized spacial score (nSPS) is 15.6. The smallest absolute Gasteiger partial charge is 0.0457 e. The molecule has 1 heterocycles. The molecule has 0 spiro atoms. The van der Waals surface area contributed by atoms with Crippen molar-refractivity contribution in [3.63, 3.8) is 0 Å². The Morgan fingerprint density at radius 2 is 2.07 bits per heavy atom. The molecule has 2 aromatic rings. The van der Waals surface area contributed by atoms with Crippen molar-refractivity contribution >= 4 is 10.9 Å². The summed E-state index contributed by atoms with van der Waals surface area (Å²) in [4.78, 5) is 3.25. The van der Waals surface area contributed by atoms with Crippen LogP contribution in [0.25, 0.3) is 10.9 Å². The van der Waals surface area contributed by atoms with E-state index in [4.69, 9.17) is 5.73 Å². The molecule has 0 fully saturated rings. The Bertz CT molecular complexity index is 440. The third-order valence-electron chi connectivity index (χ3n) is 2.94. The molecular formula is C12H16N2. The summed E-state index contributed by atoms with van der Waals surface area (Å²) in [6.07, 6.45) is 2.96. The van der Waals surface area contributed by atoms with Gasteiger partial charge in [0.25, 0.3) is 0 Å². The number of fused-ring (bicyclic) bond motifs is 1. The van der Waals surface area contributed by atoms with Gasteiger partial charge in [-0.25, -0.2) is 0 Å². The van der Waals surface area contributed by atoms with Crippen LogP contribution in [0.4, 0.5) is 0 Å². The fourth-order valence-electron chi connectivity index (χ4n) is 1.73. The first-order valence-electron chi connectivity index (χ1n) is 5.00. The first-order valence-corrected chi connectivity index (χ1v) is 5.00. The van der Waals surface area contributed by atoms with Crippen molar-refractivity contribution in [1.82, 2.24) is 4.98 Å². The van der Waals surface area contributed by atoms with Gasteiger partial charge in [0, 0.05) is 22.6 Å². The predicted molar refractivity (Wildman–Crippen MR) is 60.1 cm³/mol. The molecule has 0 aliphatic rings. The molecule has 3 N–H and O–H groups in total. The number of rotatable bonds is 2. The standard InChI is InChI=1S/C12H16N2/c1-3-12(2,13)10-8-14-11-7-5-4-6-9(10)11/h4-8,14H,3,13H2,1-2H3. The maximum absolute atomic E-state index is 6.23. The third kappa shape index (κ3) is 1.32. The topological polar surface area (TPSA) is 41.8 Å². The fourth-order valence-corrected chi connectivity index (χ4v) is 1.73. The van der Waals surface area contributed by atoms with Crippen molar-refractivity contribution < 1.29 is 0 Å². The van der Waals surface area contributed by atoms with Crippen LogP contribution >= 0.6 is 0 Å². The van der Waals surface area contributed by atoms with E-state index in [2.05, 4.69) is 31.0 Å². The summed E-state index contributed by atoms with van der Waals surface area (Å²) in [6.45, 7) is 4.18. The van der Waals surface area contributed by atoms with Crippen molar-refractivity contribution in [3.8, 4) is 0 Å². The van der Waals surface area contributed by atoms with Gasteiger partial charge in [-0.2, -0.15) is 0 Å². The van der Waals surface area contributed by atoms with Gasteiger partial charge in [-0.05, 0) is 25.0 Å². The minimum Gasteiger partial charge on any atom is -0.361 e. The van der Waals surface area contributed by atoms with Crippen LogP contribution in [0.5, 0.6) is 0 Å². The van der Waals surface area contributed by atoms with Crippen molar-refractivity contribution in [2.45, 2.75) is 25.8 Å². The van der Waals surface area contributed by atoms with E-state index in [0.29, 0.717) is 0 Å². The quantitative estimate of drug-likeness (QED) is 0.747. The van der Waals surface area contributed by atoms with E-state index in [1.54, 1.807) is 0 Å². The second kappa shape index (κ2) is 3.14. The molecule has 1 aromatic heterocycles. The zero-order valence-corrected chi connectivity index (χ0v) is 8.67. The lowest BCUT2D eigenvalue weighted by atomic mass is 9.90. The number of hydrogen-bond donors (Lipinski definition) is 2. The molecule has 2 nitrogen and oxygen atoms in total. The number of nitrogens with one attached hydrogen (secondary N) is 1. The van der Waals surface area contributed by atoms with Crippen LogP contribution in [0.15, 0.2) is 30.5 Å². The average molecular weight is 188 g/mol. The molecule has 0 aliphatic heterocycles. The van der Waals surface area contributed by atoms with E-state index in [0.717, 1.165) is 11.9 Å². The molecule has 0 saturated carbocycles. The van der Waals surface area contributed by atoms with Gasteiger partial charge in [-0.15, -0.1) is 0 Å². The van der Waals surface area contributed by atoms with Crippen LogP contribution in [0.1, 0.15) is 25.8 Å². The summed E-state index contributed by atoms with van der Waals surface area (Å²) in [7, 11) is 0. The first-order chi connectivity index (χ1) is 6.65. The fraction of sp³-hybridized carbons (Fsp3) is 0.333. The molecule has 1 unspecified atom stereocenters. The van der Waals surface area contributed by atoms with Gasteiger partial charge >= 0.3 is 0 Å². The summed E-state index contributed by atoms with van der Waals surface area (Å²) in [5.74, 6) is 0. The summed E-state index contributed by atoms with van der Waals surface area (Å²) >= 11 is 0. The lowest BCUT2D eigenvalue weighted by molar-refractivity contribution is 0.480. The molecule has 0 saturated heterocycles. The minimum atomic E-state index is -0.237. The monoisotopic (exact) mass is 188 g/mol. The molecule has 0 amide bonds. The maximum Gasteiger partial charge on any atom is 0.0457 e. The van der Waals surface area contributed by atoms with Gasteiger partial charge in [-0.3, -0.25) is 0 Å². The number of nitrogens with two attached hydrogens (primary N) is 1. The second-order valence-corrected chi connectivity index (χ2v) is 4.02. The van der Waals surface area contributed by atoms with Crippen LogP contribution in [-0.2, 0) is 5.54 Å². The zero-order chi connectivity index (χ0) is 10.2. The Labute approximate surface area is 84.1 Å². The van der Waals surface area contributed by atoms with Crippen LogP contribution in [0, 0.1) is 0 Å². The highest BCUT2D eigenvalue weighted by molar-refractivity contribution is 5.84. The Morgan fingerprint density at radius 1 is 1.36 bits per heavy atom. The lowest BCUT2D eigenvalue weighted by Crippen LogP contribution is -2.31. The largest absolute Gasteiger partial charge is 0.361 e. The lowest BCUT2D eigenvalue weighted by Gasteiger charge is -2.22. The van der Waals surface area contributed by atoms with Crippen molar-refractivity contribution in [1.29, 1.82) is 0 Å². The Balaban J connectivity index is 2.64. The molecule has 74 valence electrons. The van der Waals surface area contributed by atoms with Crippen molar-refractivity contribution in [3.05, 3.63) is 36.0 Å². The summed E-state index contributed by atoms with van der Waals surface area (Å²) in [5.41, 5.74) is 8.36. The van der Waals surface area contributed by atoms with Crippen molar-refractivity contribution in [2.75, 3.05) is 0 Å². The van der Waals surface area contributed by atoms with E-state index in [-0.39, 0.29) is 5.54 Å². The van der Waals surface area contributed by atoms with Crippen LogP contribution < -0.4 is 5.73 Å². The average Bonchev–Trinajstić information content (AvgIpc) is 2.61. The molecule has 2 rings (SSSR count). The maximum atomic E-state index is 6.23. The van der Waals surface area contributed by atoms with Crippen molar-refractivity contribution in [2.24, 2.45) is 5.73 Å². The Hall–Kier alpha value is -1.28. The van der Waals surface area contributed by atoms with Gasteiger partial charge in [-0.1, -0.05) is 25.1 Å². The zero-order valence-electron chi connectivity index (χ0n) is 8.67. The van der Waals surface area contributed by atoms with Gasteiger partial charge in [0.05, 0.1) is 0 Å². The van der Waals surface area contributed by atoms with E-state index < -0.39 is 0 Å². The number of hydrogen-bond acceptors (Lipinski definition) is 1. The molecule has 0 aliphatic carbocycles. The van der Waals surface area contributed by atoms with E-state index in [9.17, 15) is 0 Å². The highest BCUT2D eigenvalue weighted by atomic mass is 14.8. The van der Waals surface area contributed by atoms with E-state index >= 15 is 0 Å². The Kier molecular flexibility index (Phi) is 2.08. The minimum absolute atomic E-state index is 0.237. The number of benzene rings is 1.